The standard InChI is InChI=1S/C9H9ClN4/c1-14(7-12-6-11)5-8-2-3-9(10)13-4-8/h2-4,7H,5H2,1H3. The van der Waals surface area contributed by atoms with Gasteiger partial charge < -0.3 is 4.90 Å². The fourth-order valence-corrected chi connectivity index (χ4v) is 1.06. The van der Waals surface area contributed by atoms with Crippen molar-refractivity contribution in [1.82, 2.24) is 9.88 Å². The van der Waals surface area contributed by atoms with Crippen molar-refractivity contribution in [2.75, 3.05) is 7.05 Å². The second-order valence-electron chi connectivity index (χ2n) is 2.75. The zero-order chi connectivity index (χ0) is 10.4. The quantitative estimate of drug-likeness (QED) is 0.329. The Morgan fingerprint density at radius 2 is 2.50 bits per heavy atom. The molecular weight excluding hydrogens is 200 g/mol. The van der Waals surface area contributed by atoms with Gasteiger partial charge in [0.1, 0.15) is 11.5 Å². The Bertz CT molecular complexity index is 352. The molecule has 0 spiro atoms. The maximum atomic E-state index is 8.21. The molecule has 0 aliphatic carbocycles. The zero-order valence-corrected chi connectivity index (χ0v) is 8.44. The summed E-state index contributed by atoms with van der Waals surface area (Å²) in [5, 5.41) is 8.69. The third-order valence-electron chi connectivity index (χ3n) is 1.53. The molecule has 0 aromatic carbocycles. The molecule has 1 rings (SSSR count). The van der Waals surface area contributed by atoms with E-state index < -0.39 is 0 Å². The van der Waals surface area contributed by atoms with E-state index in [1.54, 1.807) is 23.4 Å². The zero-order valence-electron chi connectivity index (χ0n) is 7.68. The van der Waals surface area contributed by atoms with Crippen LogP contribution in [0, 0.1) is 11.5 Å². The van der Waals surface area contributed by atoms with E-state index in [9.17, 15) is 0 Å². The number of aliphatic imine (C=N–C) groups is 1. The molecule has 14 heavy (non-hydrogen) atoms. The molecule has 0 N–H and O–H groups in total. The Morgan fingerprint density at radius 1 is 1.71 bits per heavy atom. The van der Waals surface area contributed by atoms with Crippen molar-refractivity contribution in [1.29, 1.82) is 5.26 Å². The van der Waals surface area contributed by atoms with Crippen molar-refractivity contribution in [3.63, 3.8) is 0 Å². The van der Waals surface area contributed by atoms with Crippen molar-refractivity contribution in [3.8, 4) is 6.19 Å². The molecule has 0 saturated heterocycles. The normalized spacial score (nSPS) is 10.1. The first kappa shape index (κ1) is 10.5. The van der Waals surface area contributed by atoms with Crippen LogP contribution in [0.1, 0.15) is 5.56 Å². The van der Waals surface area contributed by atoms with Crippen LogP contribution in [0.3, 0.4) is 0 Å². The maximum absolute atomic E-state index is 8.21. The van der Waals surface area contributed by atoms with Crippen LogP contribution in [0.15, 0.2) is 23.3 Å². The predicted molar refractivity (Wildman–Crippen MR) is 54.8 cm³/mol. The van der Waals surface area contributed by atoms with Crippen molar-refractivity contribution in [3.05, 3.63) is 29.0 Å². The first-order chi connectivity index (χ1) is 6.72. The summed E-state index contributed by atoms with van der Waals surface area (Å²) in [6.45, 7) is 0.648. The number of aromatic nitrogens is 1. The minimum Gasteiger partial charge on any atom is -0.361 e. The van der Waals surface area contributed by atoms with Crippen molar-refractivity contribution < 1.29 is 0 Å². The Kier molecular flexibility index (Phi) is 3.89. The lowest BCUT2D eigenvalue weighted by molar-refractivity contribution is 0.515. The van der Waals surface area contributed by atoms with Crippen molar-refractivity contribution >= 4 is 17.9 Å². The van der Waals surface area contributed by atoms with Gasteiger partial charge in [0, 0.05) is 19.8 Å². The highest BCUT2D eigenvalue weighted by atomic mass is 35.5. The van der Waals surface area contributed by atoms with Crippen LogP contribution >= 0.6 is 11.6 Å². The number of hydrogen-bond donors (Lipinski definition) is 0. The SMILES string of the molecule is CN(C=NC#N)Cc1ccc(Cl)nc1. The average Bonchev–Trinajstić information content (AvgIpc) is 2.18. The van der Waals surface area contributed by atoms with Gasteiger partial charge in [0.25, 0.3) is 0 Å². The van der Waals surface area contributed by atoms with E-state index in [0.29, 0.717) is 11.7 Å². The number of halogens is 1. The Morgan fingerprint density at radius 3 is 3.07 bits per heavy atom. The number of hydrogen-bond acceptors (Lipinski definition) is 3. The first-order valence-corrected chi connectivity index (χ1v) is 4.33. The molecule has 0 fully saturated rings. The van der Waals surface area contributed by atoms with Crippen LogP contribution < -0.4 is 0 Å². The van der Waals surface area contributed by atoms with Gasteiger partial charge in [-0.05, 0) is 11.6 Å². The largest absolute Gasteiger partial charge is 0.361 e. The van der Waals surface area contributed by atoms with Crippen LogP contribution in [-0.4, -0.2) is 23.3 Å². The first-order valence-electron chi connectivity index (χ1n) is 3.95. The number of pyridine rings is 1. The van der Waals surface area contributed by atoms with Crippen LogP contribution in [0.2, 0.25) is 5.15 Å². The minimum atomic E-state index is 0.474. The van der Waals surface area contributed by atoms with E-state index in [4.69, 9.17) is 16.9 Å². The summed E-state index contributed by atoms with van der Waals surface area (Å²) in [6, 6.07) is 3.61. The maximum Gasteiger partial charge on any atom is 0.207 e. The molecule has 0 bridgehead atoms. The van der Waals surface area contributed by atoms with E-state index in [2.05, 4.69) is 9.98 Å². The summed E-state index contributed by atoms with van der Waals surface area (Å²) in [4.78, 5) is 9.17. The summed E-state index contributed by atoms with van der Waals surface area (Å²) >= 11 is 5.64. The second-order valence-corrected chi connectivity index (χ2v) is 3.14. The van der Waals surface area contributed by atoms with Gasteiger partial charge in [0.2, 0.25) is 6.19 Å². The van der Waals surface area contributed by atoms with Crippen LogP contribution in [0.5, 0.6) is 0 Å². The smallest absolute Gasteiger partial charge is 0.207 e. The van der Waals surface area contributed by atoms with Crippen LogP contribution in [0.4, 0.5) is 0 Å². The third kappa shape index (κ3) is 3.42. The van der Waals surface area contributed by atoms with Crippen LogP contribution in [0.25, 0.3) is 0 Å². The fourth-order valence-electron chi connectivity index (χ4n) is 0.953. The van der Waals surface area contributed by atoms with E-state index in [-0.39, 0.29) is 0 Å². The van der Waals surface area contributed by atoms with E-state index in [1.165, 1.54) is 6.34 Å². The summed E-state index contributed by atoms with van der Waals surface area (Å²) in [6.07, 6.45) is 4.84. The molecule has 0 unspecified atom stereocenters. The monoisotopic (exact) mass is 208 g/mol. The topological polar surface area (TPSA) is 52.3 Å². The second kappa shape index (κ2) is 5.20. The Balaban J connectivity index is 2.57. The van der Waals surface area contributed by atoms with Gasteiger partial charge in [-0.25, -0.2) is 4.98 Å². The lowest BCUT2D eigenvalue weighted by atomic mass is 10.3. The van der Waals surface area contributed by atoms with Gasteiger partial charge in [-0.1, -0.05) is 17.7 Å². The lowest BCUT2D eigenvalue weighted by Crippen LogP contribution is -2.15. The summed E-state index contributed by atoms with van der Waals surface area (Å²) in [7, 11) is 1.83. The molecule has 1 aromatic heterocycles. The van der Waals surface area contributed by atoms with E-state index in [0.717, 1.165) is 5.56 Å². The van der Waals surface area contributed by atoms with E-state index in [1.807, 2.05) is 13.1 Å². The molecular formula is C9H9ClN4. The number of rotatable bonds is 3. The van der Waals surface area contributed by atoms with Gasteiger partial charge in [0.05, 0.1) is 0 Å². The highest BCUT2D eigenvalue weighted by Gasteiger charge is 1.96. The minimum absolute atomic E-state index is 0.474. The molecule has 4 nitrogen and oxygen atoms in total. The molecule has 0 atom stereocenters. The Labute approximate surface area is 87.5 Å². The van der Waals surface area contributed by atoms with Gasteiger partial charge in [0.15, 0.2) is 0 Å². The number of nitriles is 1. The summed E-state index contributed by atoms with van der Waals surface area (Å²) < 4.78 is 0. The van der Waals surface area contributed by atoms with Gasteiger partial charge in [-0.2, -0.15) is 10.3 Å². The van der Waals surface area contributed by atoms with Crippen molar-refractivity contribution in [2.24, 2.45) is 4.99 Å². The molecule has 1 heterocycles. The molecule has 72 valence electrons. The average molecular weight is 209 g/mol. The predicted octanol–water partition coefficient (Wildman–Crippen LogP) is 1.68. The molecule has 0 aliphatic rings. The third-order valence-corrected chi connectivity index (χ3v) is 1.76. The van der Waals surface area contributed by atoms with E-state index >= 15 is 0 Å². The molecule has 0 aliphatic heterocycles. The molecule has 5 heteroatoms. The summed E-state index contributed by atoms with van der Waals surface area (Å²) in [5.41, 5.74) is 1.02. The highest BCUT2D eigenvalue weighted by molar-refractivity contribution is 6.29. The highest BCUT2D eigenvalue weighted by Crippen LogP contribution is 2.06. The molecule has 0 saturated carbocycles. The van der Waals surface area contributed by atoms with Gasteiger partial charge in [-0.3, -0.25) is 0 Å². The van der Waals surface area contributed by atoms with Gasteiger partial charge in [-0.15, -0.1) is 0 Å². The van der Waals surface area contributed by atoms with Gasteiger partial charge >= 0.3 is 0 Å². The summed E-state index contributed by atoms with van der Waals surface area (Å²) in [5.74, 6) is 0. The fraction of sp³-hybridized carbons (Fsp3) is 0.222. The Hall–Kier alpha value is -1.60. The molecule has 0 amide bonds. The lowest BCUT2D eigenvalue weighted by Gasteiger charge is -2.11. The molecule has 0 radical (unpaired) electrons. The number of nitrogens with zero attached hydrogens (tertiary/aromatic N) is 4. The van der Waals surface area contributed by atoms with Crippen molar-refractivity contribution in [2.45, 2.75) is 6.54 Å². The van der Waals surface area contributed by atoms with Crippen LogP contribution in [-0.2, 0) is 6.54 Å². The molecule has 1 aromatic rings.